The van der Waals surface area contributed by atoms with Gasteiger partial charge in [0.25, 0.3) is 5.03 Å². The Hall–Kier alpha value is -2.74. The summed E-state index contributed by atoms with van der Waals surface area (Å²) >= 11 is 1.14. The van der Waals surface area contributed by atoms with Gasteiger partial charge in [-0.25, -0.2) is 4.79 Å². The van der Waals surface area contributed by atoms with Crippen LogP contribution in [0.1, 0.15) is 0 Å². The summed E-state index contributed by atoms with van der Waals surface area (Å²) in [7, 11) is 1.27. The van der Waals surface area contributed by atoms with Gasteiger partial charge in [-0.15, -0.1) is 0 Å². The zero-order valence-electron chi connectivity index (χ0n) is 13.5. The molecule has 0 saturated carbocycles. The summed E-state index contributed by atoms with van der Waals surface area (Å²) in [5, 5.41) is 12.1. The lowest BCUT2D eigenvalue weighted by Crippen LogP contribution is -2.48. The summed E-state index contributed by atoms with van der Waals surface area (Å²) in [6.45, 7) is 0.0647. The van der Waals surface area contributed by atoms with Crippen LogP contribution in [0, 0.1) is 5.21 Å². The predicted octanol–water partition coefficient (Wildman–Crippen LogP) is 1.38. The summed E-state index contributed by atoms with van der Waals surface area (Å²) in [6.07, 6.45) is 0.499. The van der Waals surface area contributed by atoms with E-state index in [1.54, 1.807) is 42.5 Å². The van der Waals surface area contributed by atoms with Crippen molar-refractivity contribution >= 4 is 29.3 Å². The molecule has 2 heterocycles. The van der Waals surface area contributed by atoms with E-state index in [0.29, 0.717) is 21.2 Å². The number of para-hydroxylation sites is 2. The fourth-order valence-electron chi connectivity index (χ4n) is 2.46. The van der Waals surface area contributed by atoms with Gasteiger partial charge in [0.15, 0.2) is 6.20 Å². The van der Waals surface area contributed by atoms with Crippen LogP contribution in [0.15, 0.2) is 53.7 Å². The molecule has 1 aromatic carbocycles. The topological polar surface area (TPSA) is 82.8 Å². The van der Waals surface area contributed by atoms with Crippen LogP contribution >= 0.6 is 11.8 Å². The van der Waals surface area contributed by atoms with Crippen LogP contribution in [0.2, 0.25) is 0 Å². The van der Waals surface area contributed by atoms with Gasteiger partial charge in [0, 0.05) is 12.1 Å². The van der Waals surface area contributed by atoms with Gasteiger partial charge in [-0.3, -0.25) is 4.79 Å². The number of thioether (sulfide) groups is 1. The lowest BCUT2D eigenvalue weighted by molar-refractivity contribution is -0.645. The molecule has 0 aliphatic carbocycles. The number of fused-ring (bicyclic) bond motifs is 1. The number of rotatable bonds is 4. The Morgan fingerprint density at radius 2 is 2.08 bits per heavy atom. The number of esters is 1. The zero-order valence-corrected chi connectivity index (χ0v) is 14.3. The number of benzene rings is 1. The number of amides is 1. The third-order valence-electron chi connectivity index (χ3n) is 3.67. The highest BCUT2D eigenvalue weighted by Crippen LogP contribution is 2.34. The maximum absolute atomic E-state index is 12.7. The number of methoxy groups -OCH3 is 1. The number of carbonyl (C=O) groups is 2. The van der Waals surface area contributed by atoms with Gasteiger partial charge in [-0.2, -0.15) is 4.73 Å². The Bertz CT molecular complexity index is 798. The highest BCUT2D eigenvalue weighted by molar-refractivity contribution is 7.99. The zero-order chi connectivity index (χ0) is 17.8. The molecular formula is C17H16N2O5S. The van der Waals surface area contributed by atoms with Crippen molar-refractivity contribution in [3.8, 4) is 5.75 Å². The normalized spacial score (nSPS) is 15.9. The van der Waals surface area contributed by atoms with Crippen LogP contribution in [0.5, 0.6) is 5.75 Å². The molecule has 130 valence electrons. The largest absolute Gasteiger partial charge is 0.618 e. The third kappa shape index (κ3) is 3.69. The first-order chi connectivity index (χ1) is 12.1. The summed E-state index contributed by atoms with van der Waals surface area (Å²) in [6, 6.07) is 12.0. The van der Waals surface area contributed by atoms with Crippen LogP contribution in [0.3, 0.4) is 0 Å². The monoisotopic (exact) mass is 360 g/mol. The Morgan fingerprint density at radius 1 is 1.32 bits per heavy atom. The first kappa shape index (κ1) is 17.1. The van der Waals surface area contributed by atoms with E-state index in [1.165, 1.54) is 18.2 Å². The molecule has 0 bridgehead atoms. The lowest BCUT2D eigenvalue weighted by atomic mass is 10.2. The van der Waals surface area contributed by atoms with Gasteiger partial charge in [-0.05, 0) is 30.0 Å². The van der Waals surface area contributed by atoms with E-state index < -0.39 is 12.1 Å². The third-order valence-corrected chi connectivity index (χ3v) is 4.67. The van der Waals surface area contributed by atoms with Crippen LogP contribution in [-0.4, -0.2) is 37.4 Å². The molecule has 1 amide bonds. The molecule has 8 heteroatoms. The molecule has 3 rings (SSSR count). The number of ether oxygens (including phenoxy) is 2. The molecule has 0 saturated heterocycles. The Balaban J connectivity index is 1.78. The molecule has 1 aliphatic rings. The SMILES string of the molecule is COC(=O)[C@@H]1CN(C(=O)CSc2cccc[n+]2[O-])c2ccccc2O1. The van der Waals surface area contributed by atoms with E-state index in [0.717, 1.165) is 11.8 Å². The molecule has 0 fully saturated rings. The highest BCUT2D eigenvalue weighted by Gasteiger charge is 2.34. The maximum Gasteiger partial charge on any atom is 0.348 e. The first-order valence-corrected chi connectivity index (χ1v) is 8.53. The van der Waals surface area contributed by atoms with E-state index >= 15 is 0 Å². The number of hydrogen-bond donors (Lipinski definition) is 0. The van der Waals surface area contributed by atoms with Crippen molar-refractivity contribution in [3.63, 3.8) is 0 Å². The Kier molecular flexibility index (Phi) is 5.08. The number of hydrogen-bond acceptors (Lipinski definition) is 6. The summed E-state index contributed by atoms with van der Waals surface area (Å²) < 4.78 is 11.1. The highest BCUT2D eigenvalue weighted by atomic mass is 32.2. The van der Waals surface area contributed by atoms with Gasteiger partial charge in [-0.1, -0.05) is 12.1 Å². The van der Waals surface area contributed by atoms with Gasteiger partial charge in [0.05, 0.1) is 25.1 Å². The molecule has 7 nitrogen and oxygen atoms in total. The predicted molar refractivity (Wildman–Crippen MR) is 91.4 cm³/mol. The molecule has 0 N–H and O–H groups in total. The van der Waals surface area contributed by atoms with Gasteiger partial charge < -0.3 is 19.6 Å². The van der Waals surface area contributed by atoms with Crippen molar-refractivity contribution in [2.45, 2.75) is 11.1 Å². The standard InChI is InChI=1S/C17H16N2O5S/c1-23-17(21)14-10-18(12-6-2-3-7-13(12)24-14)15(20)11-25-16-8-4-5-9-19(16)22/h2-9,14H,10-11H2,1H3/t14-/m0/s1. The Morgan fingerprint density at radius 3 is 2.84 bits per heavy atom. The van der Waals surface area contributed by atoms with E-state index in [4.69, 9.17) is 9.47 Å². The molecule has 1 atom stereocenters. The van der Waals surface area contributed by atoms with E-state index in [-0.39, 0.29) is 18.2 Å². The van der Waals surface area contributed by atoms with E-state index in [1.807, 2.05) is 0 Å². The minimum absolute atomic E-state index is 0.0640. The van der Waals surface area contributed by atoms with Crippen LogP contribution < -0.4 is 14.4 Å². The molecule has 1 aliphatic heterocycles. The smallest absolute Gasteiger partial charge is 0.348 e. The summed E-state index contributed by atoms with van der Waals surface area (Å²) in [4.78, 5) is 26.0. The average Bonchev–Trinajstić information content (AvgIpc) is 2.65. The van der Waals surface area contributed by atoms with E-state index in [2.05, 4.69) is 0 Å². The van der Waals surface area contributed by atoms with Crippen molar-refractivity contribution in [2.75, 3.05) is 24.3 Å². The molecule has 2 aromatic rings. The lowest BCUT2D eigenvalue weighted by Gasteiger charge is -2.33. The number of anilines is 1. The van der Waals surface area contributed by atoms with Gasteiger partial charge >= 0.3 is 5.97 Å². The average molecular weight is 360 g/mol. The van der Waals surface area contributed by atoms with Crippen molar-refractivity contribution < 1.29 is 23.8 Å². The van der Waals surface area contributed by atoms with Crippen molar-refractivity contribution in [1.29, 1.82) is 0 Å². The fraction of sp³-hybridized carbons (Fsp3) is 0.235. The second-order valence-corrected chi connectivity index (χ2v) is 6.25. The quantitative estimate of drug-likeness (QED) is 0.355. The Labute approximate surface area is 148 Å². The first-order valence-electron chi connectivity index (χ1n) is 7.55. The van der Waals surface area contributed by atoms with Gasteiger partial charge in [0.1, 0.15) is 5.75 Å². The van der Waals surface area contributed by atoms with Crippen LogP contribution in [0.25, 0.3) is 0 Å². The van der Waals surface area contributed by atoms with Crippen LogP contribution in [0.4, 0.5) is 5.69 Å². The maximum atomic E-state index is 12.7. The molecule has 0 spiro atoms. The number of pyridine rings is 1. The molecule has 0 radical (unpaired) electrons. The number of nitrogens with zero attached hydrogens (tertiary/aromatic N) is 2. The minimum Gasteiger partial charge on any atom is -0.618 e. The number of carbonyl (C=O) groups excluding carboxylic acids is 2. The second kappa shape index (κ2) is 7.43. The van der Waals surface area contributed by atoms with Crippen molar-refractivity contribution in [3.05, 3.63) is 53.9 Å². The molecular weight excluding hydrogens is 344 g/mol. The fourth-order valence-corrected chi connectivity index (χ4v) is 3.25. The molecule has 25 heavy (non-hydrogen) atoms. The summed E-state index contributed by atoms with van der Waals surface area (Å²) in [5.41, 5.74) is 0.594. The molecule has 1 aromatic heterocycles. The van der Waals surface area contributed by atoms with Crippen molar-refractivity contribution in [2.24, 2.45) is 0 Å². The van der Waals surface area contributed by atoms with Crippen LogP contribution in [-0.2, 0) is 14.3 Å². The van der Waals surface area contributed by atoms with Gasteiger partial charge in [0.2, 0.25) is 12.0 Å². The second-order valence-electron chi connectivity index (χ2n) is 5.26. The van der Waals surface area contributed by atoms with Crippen molar-refractivity contribution in [1.82, 2.24) is 0 Å². The number of aromatic nitrogens is 1. The minimum atomic E-state index is -0.880. The van der Waals surface area contributed by atoms with E-state index in [9.17, 15) is 14.8 Å². The molecule has 0 unspecified atom stereocenters. The summed E-state index contributed by atoms with van der Waals surface area (Å²) in [5.74, 6) is -0.255.